The Balaban J connectivity index is 0.000000249. The molecular formula is C12H16N4O. The second-order valence-corrected chi connectivity index (χ2v) is 3.07. The monoisotopic (exact) mass is 232 g/mol. The van der Waals surface area contributed by atoms with E-state index in [-0.39, 0.29) is 0 Å². The van der Waals surface area contributed by atoms with E-state index in [0.717, 1.165) is 0 Å². The van der Waals surface area contributed by atoms with Crippen molar-refractivity contribution in [2.75, 3.05) is 0 Å². The molecule has 5 heteroatoms. The van der Waals surface area contributed by atoms with Gasteiger partial charge in [-0.1, -0.05) is 60.7 Å². The van der Waals surface area contributed by atoms with Crippen LogP contribution in [-0.4, -0.2) is 0 Å². The van der Waals surface area contributed by atoms with Crippen LogP contribution >= 0.6 is 0 Å². The lowest BCUT2D eigenvalue weighted by atomic mass is 10.1. The van der Waals surface area contributed by atoms with Crippen molar-refractivity contribution in [3.63, 3.8) is 0 Å². The van der Waals surface area contributed by atoms with E-state index in [1.54, 1.807) is 11.2 Å². The first kappa shape index (κ1) is 13.3. The zero-order valence-electron chi connectivity index (χ0n) is 9.34. The number of benzene rings is 2. The Bertz CT molecular complexity index is 354. The fraction of sp³-hybridized carbons (Fsp3) is 0. The van der Waals surface area contributed by atoms with Crippen molar-refractivity contribution < 1.29 is 4.94 Å². The van der Waals surface area contributed by atoms with Gasteiger partial charge in [-0.25, -0.2) is 11.7 Å². The van der Waals surface area contributed by atoms with E-state index < -0.39 is 0 Å². The predicted molar refractivity (Wildman–Crippen MR) is 67.6 cm³/mol. The summed E-state index contributed by atoms with van der Waals surface area (Å²) in [7, 11) is 0. The first-order chi connectivity index (χ1) is 8.38. The van der Waals surface area contributed by atoms with Crippen molar-refractivity contribution in [1.82, 2.24) is 11.2 Å². The van der Waals surface area contributed by atoms with Gasteiger partial charge < -0.3 is 0 Å². The highest BCUT2D eigenvalue weighted by molar-refractivity contribution is 5.62. The van der Waals surface area contributed by atoms with Gasteiger partial charge in [0.25, 0.3) is 0 Å². The van der Waals surface area contributed by atoms with Crippen LogP contribution in [0.2, 0.25) is 0 Å². The van der Waals surface area contributed by atoms with E-state index in [0.29, 0.717) is 0 Å². The third-order valence-electron chi connectivity index (χ3n) is 2.00. The lowest BCUT2D eigenvalue weighted by molar-refractivity contribution is -0.0390. The highest BCUT2D eigenvalue weighted by Gasteiger charge is 1.91. The molecule has 0 fully saturated rings. The molecule has 90 valence electrons. The lowest BCUT2D eigenvalue weighted by Gasteiger charge is -1.98. The molecule has 17 heavy (non-hydrogen) atoms. The molecule has 0 aromatic heterocycles. The van der Waals surface area contributed by atoms with E-state index in [9.17, 15) is 0 Å². The van der Waals surface area contributed by atoms with Crippen molar-refractivity contribution in [2.24, 2.45) is 11.7 Å². The molecule has 6 N–H and O–H groups in total. The number of hydrogen-bond donors (Lipinski definition) is 4. The first-order valence-corrected chi connectivity index (χ1v) is 5.06. The second-order valence-electron chi connectivity index (χ2n) is 3.07. The van der Waals surface area contributed by atoms with E-state index in [1.807, 2.05) is 12.1 Å². The number of hydrazine groups is 2. The zero-order chi connectivity index (χ0) is 12.3. The highest BCUT2D eigenvalue weighted by atomic mass is 16.8. The molecule has 0 aliphatic carbocycles. The molecule has 0 spiro atoms. The summed E-state index contributed by atoms with van der Waals surface area (Å²) in [6, 6.07) is 20.8. The average molecular weight is 232 g/mol. The number of nitrogens with two attached hydrogens (primary N) is 2. The van der Waals surface area contributed by atoms with E-state index in [2.05, 4.69) is 65.2 Å². The van der Waals surface area contributed by atoms with Gasteiger partial charge in [-0.2, -0.15) is 4.94 Å². The van der Waals surface area contributed by atoms with Crippen molar-refractivity contribution in [3.05, 3.63) is 60.7 Å². The van der Waals surface area contributed by atoms with E-state index in [4.69, 9.17) is 0 Å². The summed E-state index contributed by atoms with van der Waals surface area (Å²) in [5.41, 5.74) is 6.11. The molecule has 0 heterocycles. The van der Waals surface area contributed by atoms with Crippen LogP contribution in [0.15, 0.2) is 60.7 Å². The maximum absolute atomic E-state index is 4.52. The van der Waals surface area contributed by atoms with Crippen LogP contribution in [-0.2, 0) is 4.94 Å². The van der Waals surface area contributed by atoms with Gasteiger partial charge in [0, 0.05) is 0 Å². The maximum Gasteiger partial charge on any atom is -0.0184 e. The lowest BCUT2D eigenvalue weighted by Crippen LogP contribution is -2.34. The quantitative estimate of drug-likeness (QED) is 0.470. The number of rotatable bonds is 3. The summed E-state index contributed by atoms with van der Waals surface area (Å²) in [6.45, 7) is 0. The Morgan fingerprint density at radius 2 is 1.00 bits per heavy atom. The fourth-order valence-corrected chi connectivity index (χ4v) is 1.30. The summed E-state index contributed by atoms with van der Waals surface area (Å²) in [6.07, 6.45) is 0. The molecule has 0 bridgehead atoms. The van der Waals surface area contributed by atoms with Crippen LogP contribution in [0.5, 0.6) is 0 Å². The molecule has 2 rings (SSSR count). The zero-order valence-corrected chi connectivity index (χ0v) is 9.34. The van der Waals surface area contributed by atoms with Gasteiger partial charge in [0.15, 0.2) is 0 Å². The van der Waals surface area contributed by atoms with Crippen LogP contribution in [0.3, 0.4) is 0 Å². The van der Waals surface area contributed by atoms with Crippen molar-refractivity contribution in [2.45, 2.75) is 0 Å². The fourth-order valence-electron chi connectivity index (χ4n) is 1.30. The Kier molecular flexibility index (Phi) is 6.57. The van der Waals surface area contributed by atoms with Gasteiger partial charge >= 0.3 is 0 Å². The smallest absolute Gasteiger partial charge is 0.0184 e. The molecule has 5 nitrogen and oxygen atoms in total. The third kappa shape index (κ3) is 5.21. The maximum atomic E-state index is 4.52. The van der Waals surface area contributed by atoms with Gasteiger partial charge in [0.05, 0.1) is 0 Å². The van der Waals surface area contributed by atoms with Crippen LogP contribution in [0.1, 0.15) is 0 Å². The molecule has 2 aromatic rings. The molecule has 0 aliphatic rings. The SMILES string of the molecule is NNONN.c1ccc(-c2ccccc2)cc1. The minimum atomic E-state index is 1.28. The molecule has 2 aromatic carbocycles. The van der Waals surface area contributed by atoms with Crippen molar-refractivity contribution >= 4 is 0 Å². The minimum Gasteiger partial charge on any atom is -0.246 e. The van der Waals surface area contributed by atoms with E-state index >= 15 is 0 Å². The van der Waals surface area contributed by atoms with Crippen molar-refractivity contribution in [3.8, 4) is 11.1 Å². The Morgan fingerprint density at radius 1 is 0.647 bits per heavy atom. The molecule has 0 saturated heterocycles. The number of hydrogen-bond acceptors (Lipinski definition) is 5. The van der Waals surface area contributed by atoms with Crippen LogP contribution in [0.25, 0.3) is 11.1 Å². The second kappa shape index (κ2) is 8.40. The molecule has 0 aliphatic heterocycles. The Hall–Kier alpha value is -1.76. The summed E-state index contributed by atoms with van der Waals surface area (Å²) in [5, 5.41) is 0. The third-order valence-corrected chi connectivity index (χ3v) is 2.00. The largest absolute Gasteiger partial charge is 0.246 e. The summed E-state index contributed by atoms with van der Waals surface area (Å²) >= 11 is 0. The van der Waals surface area contributed by atoms with Gasteiger partial charge in [-0.15, -0.1) is 11.2 Å². The van der Waals surface area contributed by atoms with Gasteiger partial charge in [0.1, 0.15) is 0 Å². The van der Waals surface area contributed by atoms with Crippen LogP contribution < -0.4 is 22.9 Å². The molecular weight excluding hydrogens is 216 g/mol. The summed E-state index contributed by atoms with van der Waals surface area (Å²) < 4.78 is 0. The van der Waals surface area contributed by atoms with Crippen molar-refractivity contribution in [1.29, 1.82) is 0 Å². The molecule has 0 radical (unpaired) electrons. The molecule has 0 saturated carbocycles. The van der Waals surface area contributed by atoms with E-state index in [1.165, 1.54) is 11.1 Å². The Morgan fingerprint density at radius 3 is 1.24 bits per heavy atom. The number of nitrogens with one attached hydrogen (secondary N) is 2. The topological polar surface area (TPSA) is 85.3 Å². The summed E-state index contributed by atoms with van der Waals surface area (Å²) in [5.74, 6) is 9.05. The predicted octanol–water partition coefficient (Wildman–Crippen LogP) is 1.11. The standard InChI is InChI=1S/C12H10.H6N4O/c1-3-7-11(8-4-1)12-9-5-2-6-10-12;1-3-5-4-2/h1-10H;3-4H,1-2H2. The normalized spacial score (nSPS) is 9.29. The Labute approximate surface area is 100 Å². The van der Waals surface area contributed by atoms with Gasteiger partial charge in [-0.05, 0) is 11.1 Å². The van der Waals surface area contributed by atoms with Crippen LogP contribution in [0.4, 0.5) is 0 Å². The highest BCUT2D eigenvalue weighted by Crippen LogP contribution is 2.17. The minimum absolute atomic E-state index is 1.28. The van der Waals surface area contributed by atoms with Gasteiger partial charge in [0.2, 0.25) is 0 Å². The summed E-state index contributed by atoms with van der Waals surface area (Å²) in [4.78, 5) is 3.89. The first-order valence-electron chi connectivity index (χ1n) is 5.06. The van der Waals surface area contributed by atoms with Crippen LogP contribution in [0, 0.1) is 0 Å². The van der Waals surface area contributed by atoms with Gasteiger partial charge in [-0.3, -0.25) is 0 Å². The molecule has 0 atom stereocenters. The molecule has 0 unspecified atom stereocenters. The molecule has 0 amide bonds. The average Bonchev–Trinajstić information content (AvgIpc) is 2.42.